The van der Waals surface area contributed by atoms with Crippen LogP contribution in [0.15, 0.2) is 17.0 Å². The summed E-state index contributed by atoms with van der Waals surface area (Å²) in [4.78, 5) is 18.2. The summed E-state index contributed by atoms with van der Waals surface area (Å²) in [6, 6.07) is 0. The number of aromatic nitrogens is 2. The van der Waals surface area contributed by atoms with Crippen molar-refractivity contribution in [2.45, 2.75) is 6.42 Å². The highest BCUT2D eigenvalue weighted by Crippen LogP contribution is 2.16. The standard InChI is InChI=1S/C7H9BrN4O/c8-5-3-10-4-12-7(5)11-2-1-6(9)13/h3-4H,1-2H2,(H2,9,13)(H,10,11,12). The number of nitrogens with zero attached hydrogens (tertiary/aromatic N) is 2. The summed E-state index contributed by atoms with van der Waals surface area (Å²) in [6.45, 7) is 0.477. The summed E-state index contributed by atoms with van der Waals surface area (Å²) in [7, 11) is 0. The van der Waals surface area contributed by atoms with Gasteiger partial charge in [0.1, 0.15) is 12.1 Å². The van der Waals surface area contributed by atoms with Gasteiger partial charge in [0.05, 0.1) is 4.47 Å². The van der Waals surface area contributed by atoms with Gasteiger partial charge in [-0.2, -0.15) is 0 Å². The Morgan fingerprint density at radius 1 is 1.69 bits per heavy atom. The average molecular weight is 245 g/mol. The van der Waals surface area contributed by atoms with Crippen molar-refractivity contribution < 1.29 is 4.79 Å². The maximum atomic E-state index is 10.4. The second-order valence-electron chi connectivity index (χ2n) is 2.36. The number of nitrogens with two attached hydrogens (primary N) is 1. The minimum Gasteiger partial charge on any atom is -0.370 e. The Morgan fingerprint density at radius 2 is 2.46 bits per heavy atom. The first kappa shape index (κ1) is 9.91. The second-order valence-corrected chi connectivity index (χ2v) is 3.22. The number of amides is 1. The highest BCUT2D eigenvalue weighted by molar-refractivity contribution is 9.10. The van der Waals surface area contributed by atoms with Crippen LogP contribution in [0.2, 0.25) is 0 Å². The number of carbonyl (C=O) groups is 1. The van der Waals surface area contributed by atoms with Gasteiger partial charge in [0.25, 0.3) is 0 Å². The summed E-state index contributed by atoms with van der Waals surface area (Å²) in [5.41, 5.74) is 4.97. The molecule has 1 heterocycles. The number of halogens is 1. The molecule has 3 N–H and O–H groups in total. The molecule has 0 spiro atoms. The molecule has 0 aliphatic heterocycles. The largest absolute Gasteiger partial charge is 0.370 e. The van der Waals surface area contributed by atoms with E-state index in [-0.39, 0.29) is 12.3 Å². The third-order valence-electron chi connectivity index (χ3n) is 1.33. The zero-order chi connectivity index (χ0) is 9.68. The summed E-state index contributed by atoms with van der Waals surface area (Å²) in [5.74, 6) is 0.328. The van der Waals surface area contributed by atoms with Crippen LogP contribution in [0.5, 0.6) is 0 Å². The molecule has 0 unspecified atom stereocenters. The van der Waals surface area contributed by atoms with Gasteiger partial charge in [-0.05, 0) is 15.9 Å². The van der Waals surface area contributed by atoms with Crippen molar-refractivity contribution >= 4 is 27.7 Å². The zero-order valence-corrected chi connectivity index (χ0v) is 8.41. The fourth-order valence-electron chi connectivity index (χ4n) is 0.747. The Balaban J connectivity index is 2.45. The Morgan fingerprint density at radius 3 is 3.08 bits per heavy atom. The lowest BCUT2D eigenvalue weighted by Gasteiger charge is -2.04. The Bertz CT molecular complexity index is 304. The van der Waals surface area contributed by atoms with Gasteiger partial charge >= 0.3 is 0 Å². The number of hydrogen-bond acceptors (Lipinski definition) is 4. The van der Waals surface area contributed by atoms with Crippen molar-refractivity contribution in [2.75, 3.05) is 11.9 Å². The minimum absolute atomic E-state index is 0.288. The molecule has 5 nitrogen and oxygen atoms in total. The van der Waals surface area contributed by atoms with Gasteiger partial charge in [0.15, 0.2) is 0 Å². The van der Waals surface area contributed by atoms with E-state index in [1.165, 1.54) is 6.33 Å². The number of anilines is 1. The van der Waals surface area contributed by atoms with Crippen molar-refractivity contribution in [2.24, 2.45) is 5.73 Å². The van der Waals surface area contributed by atoms with Crippen LogP contribution in [0.25, 0.3) is 0 Å². The fraction of sp³-hybridized carbons (Fsp3) is 0.286. The molecule has 6 heteroatoms. The molecular weight excluding hydrogens is 236 g/mol. The topological polar surface area (TPSA) is 80.9 Å². The van der Waals surface area contributed by atoms with E-state index >= 15 is 0 Å². The lowest BCUT2D eigenvalue weighted by molar-refractivity contribution is -0.117. The van der Waals surface area contributed by atoms with Gasteiger partial charge in [-0.1, -0.05) is 0 Å². The van der Waals surface area contributed by atoms with E-state index in [9.17, 15) is 4.79 Å². The van der Waals surface area contributed by atoms with Crippen LogP contribution >= 0.6 is 15.9 Å². The third-order valence-corrected chi connectivity index (χ3v) is 1.91. The van der Waals surface area contributed by atoms with Gasteiger partial charge in [-0.15, -0.1) is 0 Å². The Kier molecular flexibility index (Phi) is 3.63. The molecule has 0 bridgehead atoms. The van der Waals surface area contributed by atoms with Gasteiger partial charge in [0.2, 0.25) is 5.91 Å². The molecule has 0 saturated heterocycles. The van der Waals surface area contributed by atoms with Gasteiger partial charge in [-0.3, -0.25) is 4.79 Å². The number of primary amides is 1. The highest BCUT2D eigenvalue weighted by Gasteiger charge is 1.99. The summed E-state index contributed by atoms with van der Waals surface area (Å²) in [6.07, 6.45) is 3.34. The molecule has 1 aromatic heterocycles. The predicted molar refractivity (Wildman–Crippen MR) is 52.0 cm³/mol. The SMILES string of the molecule is NC(=O)CCNc1ncncc1Br. The summed E-state index contributed by atoms with van der Waals surface area (Å²) < 4.78 is 0.763. The maximum Gasteiger partial charge on any atom is 0.219 e. The molecule has 0 saturated carbocycles. The predicted octanol–water partition coefficient (Wildman–Crippen LogP) is 0.526. The molecule has 1 rings (SSSR count). The van der Waals surface area contributed by atoms with E-state index < -0.39 is 0 Å². The van der Waals surface area contributed by atoms with Gasteiger partial charge < -0.3 is 11.1 Å². The molecule has 0 radical (unpaired) electrons. The molecule has 1 aromatic rings. The number of nitrogens with one attached hydrogen (secondary N) is 1. The lowest BCUT2D eigenvalue weighted by atomic mass is 10.4. The summed E-state index contributed by atoms with van der Waals surface area (Å²) in [5, 5.41) is 2.95. The zero-order valence-electron chi connectivity index (χ0n) is 6.83. The number of carbonyl (C=O) groups excluding carboxylic acids is 1. The van der Waals surface area contributed by atoms with Gasteiger partial charge in [0, 0.05) is 19.2 Å². The van der Waals surface area contributed by atoms with Crippen LogP contribution in [0, 0.1) is 0 Å². The first-order valence-electron chi connectivity index (χ1n) is 3.68. The maximum absolute atomic E-state index is 10.4. The fourth-order valence-corrected chi connectivity index (χ4v) is 1.11. The minimum atomic E-state index is -0.335. The van der Waals surface area contributed by atoms with E-state index in [0.717, 1.165) is 4.47 Å². The summed E-state index contributed by atoms with van der Waals surface area (Å²) >= 11 is 3.26. The van der Waals surface area contributed by atoms with Crippen LogP contribution in [-0.2, 0) is 4.79 Å². The van der Waals surface area contributed by atoms with Crippen LogP contribution in [0.1, 0.15) is 6.42 Å². The van der Waals surface area contributed by atoms with E-state index in [1.807, 2.05) is 0 Å². The highest BCUT2D eigenvalue weighted by atomic mass is 79.9. The first-order chi connectivity index (χ1) is 6.20. The average Bonchev–Trinajstić information content (AvgIpc) is 2.08. The molecule has 0 aliphatic rings. The van der Waals surface area contributed by atoms with E-state index in [1.54, 1.807) is 6.20 Å². The van der Waals surface area contributed by atoms with Crippen LogP contribution in [0.3, 0.4) is 0 Å². The second kappa shape index (κ2) is 4.76. The van der Waals surface area contributed by atoms with E-state index in [4.69, 9.17) is 5.73 Å². The van der Waals surface area contributed by atoms with Crippen molar-refractivity contribution in [1.29, 1.82) is 0 Å². The van der Waals surface area contributed by atoms with E-state index in [2.05, 4.69) is 31.2 Å². The molecule has 0 fully saturated rings. The third kappa shape index (κ3) is 3.37. The molecule has 0 atom stereocenters. The van der Waals surface area contributed by atoms with E-state index in [0.29, 0.717) is 12.4 Å². The lowest BCUT2D eigenvalue weighted by Crippen LogP contribution is -2.16. The first-order valence-corrected chi connectivity index (χ1v) is 4.47. The van der Waals surface area contributed by atoms with Crippen molar-refractivity contribution in [1.82, 2.24) is 9.97 Å². The normalized spacial score (nSPS) is 9.62. The van der Waals surface area contributed by atoms with Crippen LogP contribution < -0.4 is 11.1 Å². The number of rotatable bonds is 4. The molecular formula is C7H9BrN4O. The van der Waals surface area contributed by atoms with Crippen molar-refractivity contribution in [3.63, 3.8) is 0 Å². The van der Waals surface area contributed by atoms with Crippen molar-refractivity contribution in [3.05, 3.63) is 17.0 Å². The number of hydrogen-bond donors (Lipinski definition) is 2. The Labute approximate surface area is 83.9 Å². The van der Waals surface area contributed by atoms with Crippen LogP contribution in [-0.4, -0.2) is 22.4 Å². The molecule has 70 valence electrons. The molecule has 1 amide bonds. The molecule has 0 aromatic carbocycles. The van der Waals surface area contributed by atoms with Crippen LogP contribution in [0.4, 0.5) is 5.82 Å². The monoisotopic (exact) mass is 244 g/mol. The van der Waals surface area contributed by atoms with Crippen molar-refractivity contribution in [3.8, 4) is 0 Å². The quantitative estimate of drug-likeness (QED) is 0.810. The molecule has 13 heavy (non-hydrogen) atoms. The smallest absolute Gasteiger partial charge is 0.219 e. The molecule has 0 aliphatic carbocycles. The van der Waals surface area contributed by atoms with Gasteiger partial charge in [-0.25, -0.2) is 9.97 Å². The Hall–Kier alpha value is -1.17.